The van der Waals surface area contributed by atoms with Gasteiger partial charge >= 0.3 is 0 Å². The normalized spacial score (nSPS) is 18.5. The molecule has 0 spiro atoms. The van der Waals surface area contributed by atoms with Crippen molar-refractivity contribution in [1.82, 2.24) is 9.80 Å². The number of piperazine rings is 1. The number of rotatable bonds is 4. The van der Waals surface area contributed by atoms with Gasteiger partial charge in [-0.05, 0) is 43.7 Å². The van der Waals surface area contributed by atoms with Crippen LogP contribution in [0.15, 0.2) is 53.4 Å². The standard InChI is InChI=1S/C21H26N2O3S/c1-16-9-10-19(27(3,25)26)14-20(16)21(24)23-12-11-22(2)15-18(23)13-17-7-5-4-6-8-17/h4-10,14,18H,11-13,15H2,1-3H3. The van der Waals surface area contributed by atoms with Gasteiger partial charge in [-0.15, -0.1) is 0 Å². The molecule has 5 nitrogen and oxygen atoms in total. The van der Waals surface area contributed by atoms with E-state index < -0.39 is 9.84 Å². The third-order valence-corrected chi connectivity index (χ3v) is 6.24. The molecule has 0 aliphatic carbocycles. The van der Waals surface area contributed by atoms with Crippen LogP contribution < -0.4 is 0 Å². The predicted molar refractivity (Wildman–Crippen MR) is 107 cm³/mol. The maximum atomic E-state index is 13.3. The van der Waals surface area contributed by atoms with Crippen molar-refractivity contribution in [1.29, 1.82) is 0 Å². The van der Waals surface area contributed by atoms with Gasteiger partial charge in [0.15, 0.2) is 9.84 Å². The van der Waals surface area contributed by atoms with Gasteiger partial charge in [-0.2, -0.15) is 0 Å². The van der Waals surface area contributed by atoms with Crippen molar-refractivity contribution in [2.75, 3.05) is 32.9 Å². The van der Waals surface area contributed by atoms with E-state index in [0.717, 1.165) is 25.1 Å². The molecule has 0 aromatic heterocycles. The van der Waals surface area contributed by atoms with Gasteiger partial charge in [0, 0.05) is 37.5 Å². The first-order chi connectivity index (χ1) is 12.8. The highest BCUT2D eigenvalue weighted by molar-refractivity contribution is 7.90. The highest BCUT2D eigenvalue weighted by Gasteiger charge is 2.30. The predicted octanol–water partition coefficient (Wildman–Crippen LogP) is 2.40. The van der Waals surface area contributed by atoms with Crippen molar-refractivity contribution in [3.63, 3.8) is 0 Å². The van der Waals surface area contributed by atoms with E-state index in [1.807, 2.05) is 30.0 Å². The van der Waals surface area contributed by atoms with Gasteiger partial charge in [0.05, 0.1) is 4.90 Å². The maximum absolute atomic E-state index is 13.3. The molecule has 144 valence electrons. The number of nitrogens with zero attached hydrogens (tertiary/aromatic N) is 2. The number of likely N-dealkylation sites (N-methyl/N-ethyl adjacent to an activating group) is 1. The molecule has 1 saturated heterocycles. The second kappa shape index (κ2) is 7.82. The van der Waals surface area contributed by atoms with Crippen LogP contribution in [0.25, 0.3) is 0 Å². The van der Waals surface area contributed by atoms with Gasteiger partial charge in [-0.1, -0.05) is 36.4 Å². The molecule has 1 fully saturated rings. The Kier molecular flexibility index (Phi) is 5.67. The van der Waals surface area contributed by atoms with Crippen LogP contribution in [-0.4, -0.2) is 63.1 Å². The highest BCUT2D eigenvalue weighted by atomic mass is 32.2. The molecule has 3 rings (SSSR count). The van der Waals surface area contributed by atoms with Gasteiger partial charge in [0.25, 0.3) is 5.91 Å². The minimum atomic E-state index is -3.36. The summed E-state index contributed by atoms with van der Waals surface area (Å²) in [5.74, 6) is -0.0907. The Bertz CT molecular complexity index is 926. The van der Waals surface area contributed by atoms with Crippen molar-refractivity contribution in [3.8, 4) is 0 Å². The van der Waals surface area contributed by atoms with Crippen LogP contribution in [0.4, 0.5) is 0 Å². The summed E-state index contributed by atoms with van der Waals surface area (Å²) in [6.45, 7) is 4.09. The molecule has 2 aromatic carbocycles. The van der Waals surface area contributed by atoms with E-state index in [1.54, 1.807) is 12.1 Å². The van der Waals surface area contributed by atoms with Gasteiger partial charge < -0.3 is 9.80 Å². The molecular weight excluding hydrogens is 360 g/mol. The summed E-state index contributed by atoms with van der Waals surface area (Å²) in [5, 5.41) is 0. The number of amides is 1. The van der Waals surface area contributed by atoms with Gasteiger partial charge in [0.2, 0.25) is 0 Å². The molecule has 0 bridgehead atoms. The van der Waals surface area contributed by atoms with Crippen molar-refractivity contribution < 1.29 is 13.2 Å². The van der Waals surface area contributed by atoms with Crippen molar-refractivity contribution in [3.05, 3.63) is 65.2 Å². The maximum Gasteiger partial charge on any atom is 0.254 e. The molecule has 1 heterocycles. The average Bonchev–Trinajstić information content (AvgIpc) is 2.61. The number of carbonyl (C=O) groups is 1. The smallest absolute Gasteiger partial charge is 0.254 e. The number of sulfone groups is 1. The minimum Gasteiger partial charge on any atom is -0.333 e. The number of hydrogen-bond acceptors (Lipinski definition) is 4. The van der Waals surface area contributed by atoms with Crippen LogP contribution >= 0.6 is 0 Å². The highest BCUT2D eigenvalue weighted by Crippen LogP contribution is 2.22. The molecule has 0 N–H and O–H groups in total. The first-order valence-electron chi connectivity index (χ1n) is 9.10. The molecule has 1 aliphatic heterocycles. The Morgan fingerprint density at radius 1 is 1.11 bits per heavy atom. The zero-order valence-corrected chi connectivity index (χ0v) is 16.9. The molecule has 0 radical (unpaired) electrons. The van der Waals surface area contributed by atoms with E-state index >= 15 is 0 Å². The minimum absolute atomic E-state index is 0.0555. The fraction of sp³-hybridized carbons (Fsp3) is 0.381. The first-order valence-corrected chi connectivity index (χ1v) is 11.0. The summed E-state index contributed by atoms with van der Waals surface area (Å²) in [4.78, 5) is 17.6. The zero-order valence-electron chi connectivity index (χ0n) is 16.1. The van der Waals surface area contributed by atoms with Crippen LogP contribution in [0, 0.1) is 6.92 Å². The third-order valence-electron chi connectivity index (χ3n) is 5.13. The van der Waals surface area contributed by atoms with E-state index in [4.69, 9.17) is 0 Å². The van der Waals surface area contributed by atoms with Crippen LogP contribution in [0.1, 0.15) is 21.5 Å². The van der Waals surface area contributed by atoms with Gasteiger partial charge in [-0.3, -0.25) is 4.79 Å². The average molecular weight is 387 g/mol. The van der Waals surface area contributed by atoms with Gasteiger partial charge in [0.1, 0.15) is 0 Å². The molecule has 27 heavy (non-hydrogen) atoms. The lowest BCUT2D eigenvalue weighted by Gasteiger charge is -2.40. The van der Waals surface area contributed by atoms with Crippen molar-refractivity contribution in [2.24, 2.45) is 0 Å². The third kappa shape index (κ3) is 4.57. The topological polar surface area (TPSA) is 57.7 Å². The lowest BCUT2D eigenvalue weighted by atomic mass is 10.00. The Morgan fingerprint density at radius 3 is 2.48 bits per heavy atom. The fourth-order valence-electron chi connectivity index (χ4n) is 3.56. The van der Waals surface area contributed by atoms with E-state index in [-0.39, 0.29) is 16.8 Å². The second-order valence-corrected chi connectivity index (χ2v) is 9.37. The fourth-order valence-corrected chi connectivity index (χ4v) is 4.20. The largest absolute Gasteiger partial charge is 0.333 e. The van der Waals surface area contributed by atoms with Crippen LogP contribution in [0.3, 0.4) is 0 Å². The zero-order chi connectivity index (χ0) is 19.6. The lowest BCUT2D eigenvalue weighted by Crippen LogP contribution is -2.55. The van der Waals surface area contributed by atoms with Crippen LogP contribution in [-0.2, 0) is 16.3 Å². The first kappa shape index (κ1) is 19.6. The molecule has 1 aliphatic rings. The second-order valence-electron chi connectivity index (χ2n) is 7.35. The summed E-state index contributed by atoms with van der Waals surface area (Å²) in [5.41, 5.74) is 2.46. The summed E-state index contributed by atoms with van der Waals surface area (Å²) in [6, 6.07) is 15.0. The summed E-state index contributed by atoms with van der Waals surface area (Å²) in [7, 11) is -1.29. The SMILES string of the molecule is Cc1ccc(S(C)(=O)=O)cc1C(=O)N1CCN(C)CC1Cc1ccccc1. The Hall–Kier alpha value is -2.18. The molecule has 1 unspecified atom stereocenters. The number of hydrogen-bond donors (Lipinski definition) is 0. The molecule has 1 atom stereocenters. The summed E-state index contributed by atoms with van der Waals surface area (Å²) < 4.78 is 23.8. The Morgan fingerprint density at radius 2 is 1.81 bits per heavy atom. The van der Waals surface area contributed by atoms with Crippen LogP contribution in [0.5, 0.6) is 0 Å². The lowest BCUT2D eigenvalue weighted by molar-refractivity contribution is 0.0500. The number of aryl methyl sites for hydroxylation is 1. The van der Waals surface area contributed by atoms with Crippen molar-refractivity contribution in [2.45, 2.75) is 24.3 Å². The Labute approximate surface area is 161 Å². The Balaban J connectivity index is 1.91. The van der Waals surface area contributed by atoms with Gasteiger partial charge in [-0.25, -0.2) is 8.42 Å². The number of benzene rings is 2. The number of carbonyl (C=O) groups excluding carboxylic acids is 1. The monoisotopic (exact) mass is 386 g/mol. The molecular formula is C21H26N2O3S. The summed E-state index contributed by atoms with van der Waals surface area (Å²) in [6.07, 6.45) is 1.95. The quantitative estimate of drug-likeness (QED) is 0.810. The van der Waals surface area contributed by atoms with E-state index in [0.29, 0.717) is 12.1 Å². The summed E-state index contributed by atoms with van der Waals surface area (Å²) >= 11 is 0. The molecule has 1 amide bonds. The molecule has 2 aromatic rings. The van der Waals surface area contributed by atoms with E-state index in [9.17, 15) is 13.2 Å². The molecule has 0 saturated carbocycles. The molecule has 6 heteroatoms. The van der Waals surface area contributed by atoms with Crippen molar-refractivity contribution >= 4 is 15.7 Å². The van der Waals surface area contributed by atoms with E-state index in [1.165, 1.54) is 17.9 Å². The van der Waals surface area contributed by atoms with Crippen LogP contribution in [0.2, 0.25) is 0 Å². The van der Waals surface area contributed by atoms with E-state index in [2.05, 4.69) is 24.1 Å².